The number of hydrogen-bond donors (Lipinski definition) is 2. The molecule has 0 aliphatic heterocycles. The Morgan fingerprint density at radius 3 is 2.92 bits per heavy atom. The Hall–Kier alpha value is -1.54. The molecule has 0 unspecified atom stereocenters. The largest absolute Gasteiger partial charge is 0.355 e. The quantitative estimate of drug-likeness (QED) is 0.716. The third-order valence-electron chi connectivity index (χ3n) is 1.98. The van der Waals surface area contributed by atoms with Crippen molar-refractivity contribution < 1.29 is 0 Å². The fraction of sp³-hybridized carbons (Fsp3) is 0.0909. The minimum Gasteiger partial charge on any atom is -0.355 e. The highest BCUT2D eigenvalue weighted by molar-refractivity contribution is 5.82. The normalized spacial score (nSPS) is 11.5. The molecule has 2 rings (SSSR count). The lowest BCUT2D eigenvalue weighted by Crippen LogP contribution is -1.91. The van der Waals surface area contributed by atoms with Gasteiger partial charge in [-0.05, 0) is 23.6 Å². The van der Waals surface area contributed by atoms with Crippen molar-refractivity contribution in [2.45, 2.75) is 0 Å². The zero-order valence-corrected chi connectivity index (χ0v) is 7.33. The van der Waals surface area contributed by atoms with Crippen molar-refractivity contribution >= 4 is 17.0 Å². The van der Waals surface area contributed by atoms with E-state index in [1.165, 1.54) is 10.9 Å². The van der Waals surface area contributed by atoms with E-state index in [1.807, 2.05) is 24.3 Å². The molecule has 1 heterocycles. The second-order valence-electron chi connectivity index (χ2n) is 2.95. The van der Waals surface area contributed by atoms with Gasteiger partial charge in [-0.25, -0.2) is 0 Å². The standard InChI is InChI=1S/C11H12N2/c12-7-3-5-10-8-9-4-1-2-6-11(9)13-10/h1-6,8,13H,7,12H2/b5-3+. The van der Waals surface area contributed by atoms with Crippen LogP contribution in [-0.2, 0) is 0 Å². The highest BCUT2D eigenvalue weighted by Crippen LogP contribution is 2.15. The lowest BCUT2D eigenvalue weighted by atomic mass is 10.2. The van der Waals surface area contributed by atoms with E-state index in [9.17, 15) is 0 Å². The van der Waals surface area contributed by atoms with Gasteiger partial charge in [-0.3, -0.25) is 0 Å². The molecule has 0 atom stereocenters. The highest BCUT2D eigenvalue weighted by Gasteiger charge is 1.94. The van der Waals surface area contributed by atoms with E-state index >= 15 is 0 Å². The van der Waals surface area contributed by atoms with Gasteiger partial charge in [-0.2, -0.15) is 0 Å². The van der Waals surface area contributed by atoms with Crippen LogP contribution in [0.3, 0.4) is 0 Å². The van der Waals surface area contributed by atoms with Gasteiger partial charge in [0.1, 0.15) is 0 Å². The molecule has 0 saturated carbocycles. The summed E-state index contributed by atoms with van der Waals surface area (Å²) in [5, 5.41) is 1.24. The van der Waals surface area contributed by atoms with Crippen LogP contribution in [0.15, 0.2) is 36.4 Å². The second-order valence-corrected chi connectivity index (χ2v) is 2.95. The smallest absolute Gasteiger partial charge is 0.0458 e. The summed E-state index contributed by atoms with van der Waals surface area (Å²) in [6, 6.07) is 10.3. The van der Waals surface area contributed by atoms with Crippen LogP contribution in [0, 0.1) is 0 Å². The zero-order valence-electron chi connectivity index (χ0n) is 7.33. The Morgan fingerprint density at radius 1 is 1.31 bits per heavy atom. The summed E-state index contributed by atoms with van der Waals surface area (Å²) < 4.78 is 0. The molecule has 3 N–H and O–H groups in total. The predicted octanol–water partition coefficient (Wildman–Crippen LogP) is 2.14. The van der Waals surface area contributed by atoms with Gasteiger partial charge in [0.25, 0.3) is 0 Å². The molecule has 0 fully saturated rings. The van der Waals surface area contributed by atoms with Crippen LogP contribution in [0.2, 0.25) is 0 Å². The Kier molecular flexibility index (Phi) is 2.15. The maximum atomic E-state index is 5.37. The number of fused-ring (bicyclic) bond motifs is 1. The second kappa shape index (κ2) is 3.46. The summed E-state index contributed by atoms with van der Waals surface area (Å²) >= 11 is 0. The number of aromatic nitrogens is 1. The summed E-state index contributed by atoms with van der Waals surface area (Å²) in [6.45, 7) is 0.579. The molecule has 0 saturated heterocycles. The Bertz CT molecular complexity index is 393. The maximum absolute atomic E-state index is 5.37. The first-order valence-corrected chi connectivity index (χ1v) is 4.34. The van der Waals surface area contributed by atoms with E-state index in [0.717, 1.165) is 5.69 Å². The zero-order chi connectivity index (χ0) is 9.10. The molecule has 0 radical (unpaired) electrons. The van der Waals surface area contributed by atoms with Crippen molar-refractivity contribution in [3.8, 4) is 0 Å². The molecule has 2 heteroatoms. The lowest BCUT2D eigenvalue weighted by molar-refractivity contribution is 1.26. The van der Waals surface area contributed by atoms with E-state index in [1.54, 1.807) is 0 Å². The molecule has 2 nitrogen and oxygen atoms in total. The van der Waals surface area contributed by atoms with Crippen LogP contribution < -0.4 is 5.73 Å². The maximum Gasteiger partial charge on any atom is 0.0458 e. The Labute approximate surface area is 77.1 Å². The topological polar surface area (TPSA) is 41.8 Å². The number of rotatable bonds is 2. The van der Waals surface area contributed by atoms with Gasteiger partial charge in [0.05, 0.1) is 0 Å². The van der Waals surface area contributed by atoms with E-state index in [0.29, 0.717) is 6.54 Å². The molecule has 1 aromatic carbocycles. The van der Waals surface area contributed by atoms with Crippen LogP contribution in [0.5, 0.6) is 0 Å². The SMILES string of the molecule is NC/C=C/c1cc2ccccc2[nH]1. The third kappa shape index (κ3) is 1.63. The molecule has 2 aromatic rings. The lowest BCUT2D eigenvalue weighted by Gasteiger charge is -1.84. The average molecular weight is 172 g/mol. The molecule has 0 amide bonds. The van der Waals surface area contributed by atoms with Crippen molar-refractivity contribution in [1.29, 1.82) is 0 Å². The van der Waals surface area contributed by atoms with Crippen LogP contribution in [0.1, 0.15) is 5.69 Å². The first-order chi connectivity index (χ1) is 6.40. The molecule has 66 valence electrons. The molecule has 0 aliphatic rings. The molecule has 0 bridgehead atoms. The van der Waals surface area contributed by atoms with E-state index in [4.69, 9.17) is 5.73 Å². The van der Waals surface area contributed by atoms with Gasteiger partial charge in [0, 0.05) is 17.8 Å². The van der Waals surface area contributed by atoms with Gasteiger partial charge < -0.3 is 10.7 Å². The van der Waals surface area contributed by atoms with Crippen molar-refractivity contribution in [3.63, 3.8) is 0 Å². The average Bonchev–Trinajstić information content (AvgIpc) is 2.57. The number of nitrogens with two attached hydrogens (primary N) is 1. The molecule has 0 aliphatic carbocycles. The number of para-hydroxylation sites is 1. The number of aromatic amines is 1. The minimum atomic E-state index is 0.579. The fourth-order valence-corrected chi connectivity index (χ4v) is 1.38. The number of hydrogen-bond acceptors (Lipinski definition) is 1. The van der Waals surface area contributed by atoms with Gasteiger partial charge in [-0.15, -0.1) is 0 Å². The number of nitrogens with one attached hydrogen (secondary N) is 1. The summed E-state index contributed by atoms with van der Waals surface area (Å²) in [5.74, 6) is 0. The summed E-state index contributed by atoms with van der Waals surface area (Å²) in [4.78, 5) is 3.29. The molecule has 13 heavy (non-hydrogen) atoms. The van der Waals surface area contributed by atoms with Gasteiger partial charge in [-0.1, -0.05) is 24.3 Å². The Morgan fingerprint density at radius 2 is 2.15 bits per heavy atom. The predicted molar refractivity (Wildman–Crippen MR) is 56.4 cm³/mol. The summed E-state index contributed by atoms with van der Waals surface area (Å²) in [7, 11) is 0. The fourth-order valence-electron chi connectivity index (χ4n) is 1.38. The van der Waals surface area contributed by atoms with Crippen molar-refractivity contribution in [3.05, 3.63) is 42.1 Å². The third-order valence-corrected chi connectivity index (χ3v) is 1.98. The minimum absolute atomic E-state index is 0.579. The van der Waals surface area contributed by atoms with Gasteiger partial charge >= 0.3 is 0 Å². The van der Waals surface area contributed by atoms with E-state index in [-0.39, 0.29) is 0 Å². The van der Waals surface area contributed by atoms with Gasteiger partial charge in [0.15, 0.2) is 0 Å². The van der Waals surface area contributed by atoms with E-state index in [2.05, 4.69) is 23.2 Å². The molecular weight excluding hydrogens is 160 g/mol. The molecule has 0 spiro atoms. The number of benzene rings is 1. The van der Waals surface area contributed by atoms with Crippen LogP contribution >= 0.6 is 0 Å². The molecular formula is C11H12N2. The van der Waals surface area contributed by atoms with Crippen molar-refractivity contribution in [1.82, 2.24) is 4.98 Å². The van der Waals surface area contributed by atoms with E-state index < -0.39 is 0 Å². The van der Waals surface area contributed by atoms with Gasteiger partial charge in [0.2, 0.25) is 0 Å². The highest BCUT2D eigenvalue weighted by atomic mass is 14.7. The molecule has 1 aromatic heterocycles. The number of H-pyrrole nitrogens is 1. The summed E-state index contributed by atoms with van der Waals surface area (Å²) in [5.41, 5.74) is 7.64. The monoisotopic (exact) mass is 172 g/mol. The first-order valence-electron chi connectivity index (χ1n) is 4.34. The summed E-state index contributed by atoms with van der Waals surface area (Å²) in [6.07, 6.45) is 3.94. The van der Waals surface area contributed by atoms with Crippen LogP contribution in [0.25, 0.3) is 17.0 Å². The van der Waals surface area contributed by atoms with Crippen molar-refractivity contribution in [2.75, 3.05) is 6.54 Å². The first kappa shape index (κ1) is 8.08. The van der Waals surface area contributed by atoms with Crippen molar-refractivity contribution in [2.24, 2.45) is 5.73 Å². The Balaban J connectivity index is 2.44. The van der Waals surface area contributed by atoms with Crippen LogP contribution in [0.4, 0.5) is 0 Å². The van der Waals surface area contributed by atoms with Crippen LogP contribution in [-0.4, -0.2) is 11.5 Å².